The van der Waals surface area contributed by atoms with E-state index in [9.17, 15) is 4.79 Å². The summed E-state index contributed by atoms with van der Waals surface area (Å²) in [5.41, 5.74) is -0.236. The Bertz CT molecular complexity index is 357. The minimum absolute atomic E-state index is 0.0925. The fourth-order valence-corrected chi connectivity index (χ4v) is 0.911. The largest absolute Gasteiger partial charge is 0.461 e. The molecular formula is C11H17NO4. The van der Waals surface area contributed by atoms with Crippen molar-refractivity contribution >= 4 is 5.97 Å². The normalized spacial score (nSPS) is 11.2. The van der Waals surface area contributed by atoms with E-state index < -0.39 is 5.97 Å². The SMILES string of the molecule is CCOC(=O)c1coc(OC(C)(C)CC)n1. The van der Waals surface area contributed by atoms with E-state index in [1.165, 1.54) is 6.26 Å². The van der Waals surface area contributed by atoms with Gasteiger partial charge in [-0.3, -0.25) is 0 Å². The summed E-state index contributed by atoms with van der Waals surface area (Å²) in [4.78, 5) is 15.2. The number of hydrogen-bond acceptors (Lipinski definition) is 5. The van der Waals surface area contributed by atoms with Crippen LogP contribution >= 0.6 is 0 Å². The Labute approximate surface area is 94.8 Å². The lowest BCUT2D eigenvalue weighted by Gasteiger charge is -2.21. The number of ether oxygens (including phenoxy) is 2. The van der Waals surface area contributed by atoms with Crippen molar-refractivity contribution in [3.63, 3.8) is 0 Å². The standard InChI is InChI=1S/C11H17NO4/c1-5-11(3,4)16-10-12-8(7-15-10)9(13)14-6-2/h7H,5-6H2,1-4H3. The molecule has 0 N–H and O–H groups in total. The Morgan fingerprint density at radius 1 is 1.50 bits per heavy atom. The number of carbonyl (C=O) groups excluding carboxylic acids is 1. The molecular weight excluding hydrogens is 210 g/mol. The van der Waals surface area contributed by atoms with Gasteiger partial charge in [-0.2, -0.15) is 4.98 Å². The van der Waals surface area contributed by atoms with Gasteiger partial charge in [0.2, 0.25) is 0 Å². The summed E-state index contributed by atoms with van der Waals surface area (Å²) in [5, 5.41) is 0. The smallest absolute Gasteiger partial charge is 0.394 e. The van der Waals surface area contributed by atoms with E-state index in [2.05, 4.69) is 4.98 Å². The maximum atomic E-state index is 11.3. The summed E-state index contributed by atoms with van der Waals surface area (Å²) in [6, 6.07) is 0. The molecule has 0 fully saturated rings. The van der Waals surface area contributed by atoms with Gasteiger partial charge in [-0.05, 0) is 27.2 Å². The van der Waals surface area contributed by atoms with Gasteiger partial charge in [-0.1, -0.05) is 6.92 Å². The lowest BCUT2D eigenvalue weighted by molar-refractivity contribution is 0.0514. The molecule has 1 aromatic heterocycles. The van der Waals surface area contributed by atoms with Crippen LogP contribution in [0, 0.1) is 0 Å². The Morgan fingerprint density at radius 2 is 2.19 bits per heavy atom. The number of aromatic nitrogens is 1. The van der Waals surface area contributed by atoms with E-state index in [0.29, 0.717) is 6.61 Å². The first-order valence-corrected chi connectivity index (χ1v) is 5.30. The molecule has 0 saturated carbocycles. The van der Waals surface area contributed by atoms with Crippen molar-refractivity contribution < 1.29 is 18.7 Å². The van der Waals surface area contributed by atoms with E-state index in [0.717, 1.165) is 6.42 Å². The lowest BCUT2D eigenvalue weighted by atomic mass is 10.1. The number of nitrogens with zero attached hydrogens (tertiary/aromatic N) is 1. The van der Waals surface area contributed by atoms with Gasteiger partial charge in [0.25, 0.3) is 0 Å². The molecule has 16 heavy (non-hydrogen) atoms. The van der Waals surface area contributed by atoms with Gasteiger partial charge in [0.05, 0.1) is 6.61 Å². The Morgan fingerprint density at radius 3 is 2.75 bits per heavy atom. The minimum Gasteiger partial charge on any atom is -0.461 e. The first-order chi connectivity index (χ1) is 7.48. The molecule has 0 radical (unpaired) electrons. The monoisotopic (exact) mass is 227 g/mol. The molecule has 0 aromatic carbocycles. The zero-order chi connectivity index (χ0) is 12.2. The highest BCUT2D eigenvalue weighted by atomic mass is 16.6. The van der Waals surface area contributed by atoms with Crippen LogP contribution in [0.4, 0.5) is 0 Å². The minimum atomic E-state index is -0.504. The van der Waals surface area contributed by atoms with Crippen LogP contribution in [-0.2, 0) is 4.74 Å². The average molecular weight is 227 g/mol. The quantitative estimate of drug-likeness (QED) is 0.723. The molecule has 0 aliphatic rings. The average Bonchev–Trinajstić information content (AvgIpc) is 2.66. The molecule has 90 valence electrons. The number of hydrogen-bond donors (Lipinski definition) is 0. The van der Waals surface area contributed by atoms with Gasteiger partial charge in [-0.15, -0.1) is 0 Å². The second kappa shape index (κ2) is 5.01. The number of carbonyl (C=O) groups is 1. The highest BCUT2D eigenvalue weighted by Gasteiger charge is 2.21. The van der Waals surface area contributed by atoms with E-state index in [1.807, 2.05) is 20.8 Å². The molecule has 5 nitrogen and oxygen atoms in total. The summed E-state index contributed by atoms with van der Waals surface area (Å²) in [6.45, 7) is 7.87. The third-order valence-electron chi connectivity index (χ3n) is 2.18. The molecule has 0 aliphatic carbocycles. The second-order valence-electron chi connectivity index (χ2n) is 3.93. The molecule has 0 spiro atoms. The number of rotatable bonds is 5. The van der Waals surface area contributed by atoms with E-state index in [1.54, 1.807) is 6.92 Å². The predicted octanol–water partition coefficient (Wildman–Crippen LogP) is 2.42. The maximum Gasteiger partial charge on any atom is 0.394 e. The van der Waals surface area contributed by atoms with Gasteiger partial charge < -0.3 is 13.9 Å². The van der Waals surface area contributed by atoms with Crippen molar-refractivity contribution in [3.8, 4) is 6.08 Å². The van der Waals surface area contributed by atoms with Crippen LogP contribution in [-0.4, -0.2) is 23.2 Å². The van der Waals surface area contributed by atoms with Crippen LogP contribution in [0.3, 0.4) is 0 Å². The van der Waals surface area contributed by atoms with E-state index in [4.69, 9.17) is 13.9 Å². The summed E-state index contributed by atoms with van der Waals surface area (Å²) in [5.74, 6) is -0.504. The third kappa shape index (κ3) is 3.25. The van der Waals surface area contributed by atoms with Crippen molar-refractivity contribution in [1.29, 1.82) is 0 Å². The molecule has 1 aromatic rings. The second-order valence-corrected chi connectivity index (χ2v) is 3.93. The summed E-state index contributed by atoms with van der Waals surface area (Å²) < 4.78 is 15.3. The van der Waals surface area contributed by atoms with Crippen LogP contribution < -0.4 is 4.74 Å². The van der Waals surface area contributed by atoms with Crippen LogP contribution in [0.25, 0.3) is 0 Å². The van der Waals surface area contributed by atoms with Crippen molar-refractivity contribution in [2.24, 2.45) is 0 Å². The molecule has 0 atom stereocenters. The first kappa shape index (κ1) is 12.5. The van der Waals surface area contributed by atoms with E-state index in [-0.39, 0.29) is 17.4 Å². The summed E-state index contributed by atoms with van der Waals surface area (Å²) in [7, 11) is 0. The van der Waals surface area contributed by atoms with Crippen LogP contribution in [0.2, 0.25) is 0 Å². The molecule has 1 heterocycles. The zero-order valence-corrected chi connectivity index (χ0v) is 10.1. The molecule has 1 rings (SSSR count). The maximum absolute atomic E-state index is 11.3. The molecule has 0 amide bonds. The Kier molecular flexibility index (Phi) is 3.93. The van der Waals surface area contributed by atoms with Crippen molar-refractivity contribution in [2.75, 3.05) is 6.61 Å². The highest BCUT2D eigenvalue weighted by molar-refractivity contribution is 5.86. The summed E-state index contributed by atoms with van der Waals surface area (Å²) >= 11 is 0. The van der Waals surface area contributed by atoms with Gasteiger partial charge in [0.1, 0.15) is 11.9 Å². The number of esters is 1. The lowest BCUT2D eigenvalue weighted by Crippen LogP contribution is -2.27. The molecule has 0 saturated heterocycles. The molecule has 0 aliphatic heterocycles. The van der Waals surface area contributed by atoms with Gasteiger partial charge >= 0.3 is 12.0 Å². The Balaban J connectivity index is 2.68. The van der Waals surface area contributed by atoms with Crippen molar-refractivity contribution in [3.05, 3.63) is 12.0 Å². The zero-order valence-electron chi connectivity index (χ0n) is 10.1. The molecule has 0 unspecified atom stereocenters. The van der Waals surface area contributed by atoms with Gasteiger partial charge in [-0.25, -0.2) is 4.79 Å². The number of oxazole rings is 1. The topological polar surface area (TPSA) is 61.6 Å². The first-order valence-electron chi connectivity index (χ1n) is 5.30. The van der Waals surface area contributed by atoms with Gasteiger partial charge in [0.15, 0.2) is 5.69 Å². The highest BCUT2D eigenvalue weighted by Crippen LogP contribution is 2.20. The molecule has 0 bridgehead atoms. The fourth-order valence-electron chi connectivity index (χ4n) is 0.911. The van der Waals surface area contributed by atoms with E-state index >= 15 is 0 Å². The van der Waals surface area contributed by atoms with Gasteiger partial charge in [0, 0.05) is 0 Å². The van der Waals surface area contributed by atoms with Crippen LogP contribution in [0.15, 0.2) is 10.7 Å². The third-order valence-corrected chi connectivity index (χ3v) is 2.18. The Hall–Kier alpha value is -1.52. The summed E-state index contributed by atoms with van der Waals surface area (Å²) in [6.07, 6.45) is 2.14. The molecule has 5 heteroatoms. The van der Waals surface area contributed by atoms with Crippen LogP contribution in [0.1, 0.15) is 44.6 Å². The van der Waals surface area contributed by atoms with Crippen LogP contribution in [0.5, 0.6) is 6.08 Å². The van der Waals surface area contributed by atoms with Crippen molar-refractivity contribution in [1.82, 2.24) is 4.98 Å². The predicted molar refractivity (Wildman–Crippen MR) is 57.5 cm³/mol. The fraction of sp³-hybridized carbons (Fsp3) is 0.636. The van der Waals surface area contributed by atoms with Crippen molar-refractivity contribution in [2.45, 2.75) is 39.7 Å².